The van der Waals surface area contributed by atoms with Crippen molar-refractivity contribution < 1.29 is 9.47 Å². The van der Waals surface area contributed by atoms with Crippen LogP contribution in [0.1, 0.15) is 5.56 Å². The quantitative estimate of drug-likeness (QED) is 0.378. The molecule has 0 radical (unpaired) electrons. The fourth-order valence-corrected chi connectivity index (χ4v) is 3.81. The molecule has 4 aromatic rings. The summed E-state index contributed by atoms with van der Waals surface area (Å²) in [6, 6.07) is 15.8. The Morgan fingerprint density at radius 3 is 2.61 bits per heavy atom. The van der Waals surface area contributed by atoms with Crippen LogP contribution in [0.4, 0.5) is 5.82 Å². The molecule has 28 heavy (non-hydrogen) atoms. The van der Waals surface area contributed by atoms with Crippen molar-refractivity contribution in [1.29, 1.82) is 0 Å². The van der Waals surface area contributed by atoms with Crippen molar-refractivity contribution in [2.45, 2.75) is 0 Å². The summed E-state index contributed by atoms with van der Waals surface area (Å²) in [7, 11) is 3.22. The molecular weight excluding hydrogens is 372 g/mol. The van der Waals surface area contributed by atoms with E-state index in [2.05, 4.69) is 38.0 Å². The molecule has 0 aliphatic carbocycles. The number of fused-ring (bicyclic) bond motifs is 1. The summed E-state index contributed by atoms with van der Waals surface area (Å²) in [5.41, 5.74) is 6.14. The van der Waals surface area contributed by atoms with Gasteiger partial charge >= 0.3 is 0 Å². The van der Waals surface area contributed by atoms with Crippen LogP contribution in [0.3, 0.4) is 0 Å². The van der Waals surface area contributed by atoms with Gasteiger partial charge in [0.1, 0.15) is 11.2 Å². The van der Waals surface area contributed by atoms with E-state index >= 15 is 0 Å². The first-order chi connectivity index (χ1) is 13.8. The van der Waals surface area contributed by atoms with Gasteiger partial charge in [-0.05, 0) is 29.3 Å². The van der Waals surface area contributed by atoms with Gasteiger partial charge in [0.15, 0.2) is 17.3 Å². The Labute approximate surface area is 166 Å². The summed E-state index contributed by atoms with van der Waals surface area (Å²) < 4.78 is 10.6. The van der Waals surface area contributed by atoms with Gasteiger partial charge < -0.3 is 9.47 Å². The van der Waals surface area contributed by atoms with Gasteiger partial charge in [0, 0.05) is 10.9 Å². The minimum Gasteiger partial charge on any atom is -0.493 e. The number of ether oxygens (including phenoxy) is 2. The molecule has 1 N–H and O–H groups in total. The molecule has 140 valence electrons. The molecule has 0 unspecified atom stereocenters. The van der Waals surface area contributed by atoms with Crippen LogP contribution in [0.25, 0.3) is 21.3 Å². The second-order valence-electron chi connectivity index (χ2n) is 5.90. The minimum absolute atomic E-state index is 0.653. The maximum absolute atomic E-state index is 5.33. The third-order valence-electron chi connectivity index (χ3n) is 4.25. The zero-order chi connectivity index (χ0) is 19.3. The number of aromatic nitrogens is 2. The summed E-state index contributed by atoms with van der Waals surface area (Å²) in [5, 5.41) is 7.41. The van der Waals surface area contributed by atoms with E-state index in [1.165, 1.54) is 0 Å². The predicted octanol–water partition coefficient (Wildman–Crippen LogP) is 4.82. The molecule has 2 aromatic carbocycles. The van der Waals surface area contributed by atoms with Crippen LogP contribution in [0.15, 0.2) is 65.3 Å². The van der Waals surface area contributed by atoms with Crippen molar-refractivity contribution in [2.24, 2.45) is 5.10 Å². The standard InChI is InChI=1S/C21H18N4O2S/c1-26-17-9-8-14(10-18(17)27-2)11-24-25-20-19-16(15-6-4-3-5-7-15)12-28-21(19)23-13-22-20/h3-13H,1-2H3,(H,22,23,25)/b24-11-. The minimum atomic E-state index is 0.653. The van der Waals surface area contributed by atoms with Crippen LogP contribution >= 0.6 is 11.3 Å². The van der Waals surface area contributed by atoms with Gasteiger partial charge in [0.2, 0.25) is 0 Å². The Kier molecular flexibility index (Phi) is 5.16. The highest BCUT2D eigenvalue weighted by atomic mass is 32.1. The molecule has 0 saturated carbocycles. The fourth-order valence-electron chi connectivity index (χ4n) is 2.89. The number of methoxy groups -OCH3 is 2. The number of hydrogen-bond acceptors (Lipinski definition) is 7. The fraction of sp³-hybridized carbons (Fsp3) is 0.0952. The topological polar surface area (TPSA) is 68.6 Å². The van der Waals surface area contributed by atoms with E-state index in [9.17, 15) is 0 Å². The first kappa shape index (κ1) is 17.9. The lowest BCUT2D eigenvalue weighted by Crippen LogP contribution is -1.96. The van der Waals surface area contributed by atoms with Crippen molar-refractivity contribution >= 4 is 33.6 Å². The van der Waals surface area contributed by atoms with Crippen molar-refractivity contribution in [3.8, 4) is 22.6 Å². The zero-order valence-corrected chi connectivity index (χ0v) is 16.2. The lowest BCUT2D eigenvalue weighted by molar-refractivity contribution is 0.355. The number of benzene rings is 2. The van der Waals surface area contributed by atoms with Crippen LogP contribution in [0, 0.1) is 0 Å². The molecule has 0 spiro atoms. The second-order valence-corrected chi connectivity index (χ2v) is 6.76. The van der Waals surface area contributed by atoms with Gasteiger partial charge in [-0.3, -0.25) is 5.43 Å². The van der Waals surface area contributed by atoms with Crippen molar-refractivity contribution in [3.05, 3.63) is 65.8 Å². The number of thiophene rings is 1. The van der Waals surface area contributed by atoms with Gasteiger partial charge in [-0.25, -0.2) is 9.97 Å². The lowest BCUT2D eigenvalue weighted by Gasteiger charge is -2.07. The van der Waals surface area contributed by atoms with Crippen LogP contribution in [0.5, 0.6) is 11.5 Å². The van der Waals surface area contributed by atoms with E-state index in [-0.39, 0.29) is 0 Å². The van der Waals surface area contributed by atoms with Gasteiger partial charge in [-0.15, -0.1) is 11.3 Å². The average Bonchev–Trinajstić information content (AvgIpc) is 3.19. The maximum atomic E-state index is 5.33. The monoisotopic (exact) mass is 390 g/mol. The molecule has 4 rings (SSSR count). The van der Waals surface area contributed by atoms with E-state index < -0.39 is 0 Å². The first-order valence-corrected chi connectivity index (χ1v) is 9.47. The van der Waals surface area contributed by atoms with Crippen molar-refractivity contribution in [1.82, 2.24) is 9.97 Å². The van der Waals surface area contributed by atoms with E-state index in [1.807, 2.05) is 36.4 Å². The van der Waals surface area contributed by atoms with Crippen molar-refractivity contribution in [3.63, 3.8) is 0 Å². The normalized spacial score (nSPS) is 11.1. The maximum Gasteiger partial charge on any atom is 0.161 e. The predicted molar refractivity (Wildman–Crippen MR) is 114 cm³/mol. The molecule has 0 amide bonds. The largest absolute Gasteiger partial charge is 0.493 e. The molecule has 0 saturated heterocycles. The van der Waals surface area contributed by atoms with Gasteiger partial charge in [-0.1, -0.05) is 30.3 Å². The van der Waals surface area contributed by atoms with Gasteiger partial charge in [0.25, 0.3) is 0 Å². The van der Waals surface area contributed by atoms with E-state index in [0.717, 1.165) is 26.9 Å². The van der Waals surface area contributed by atoms with E-state index in [1.54, 1.807) is 38.1 Å². The summed E-state index contributed by atoms with van der Waals surface area (Å²) in [5.74, 6) is 2.00. The summed E-state index contributed by atoms with van der Waals surface area (Å²) in [6.45, 7) is 0. The van der Waals surface area contributed by atoms with E-state index in [0.29, 0.717) is 17.3 Å². The number of hydrogen-bond donors (Lipinski definition) is 1. The highest BCUT2D eigenvalue weighted by Gasteiger charge is 2.12. The smallest absolute Gasteiger partial charge is 0.161 e. The van der Waals surface area contributed by atoms with Crippen LogP contribution in [0.2, 0.25) is 0 Å². The Morgan fingerprint density at radius 2 is 1.82 bits per heavy atom. The van der Waals surface area contributed by atoms with Crippen LogP contribution < -0.4 is 14.9 Å². The number of rotatable bonds is 6. The molecule has 0 bridgehead atoms. The molecule has 2 aromatic heterocycles. The van der Waals surface area contributed by atoms with Gasteiger partial charge in [-0.2, -0.15) is 5.10 Å². The summed E-state index contributed by atoms with van der Waals surface area (Å²) >= 11 is 1.59. The van der Waals surface area contributed by atoms with Gasteiger partial charge in [0.05, 0.1) is 25.8 Å². The first-order valence-electron chi connectivity index (χ1n) is 8.59. The van der Waals surface area contributed by atoms with Crippen molar-refractivity contribution in [2.75, 3.05) is 19.6 Å². The molecule has 2 heterocycles. The second kappa shape index (κ2) is 8.06. The Balaban J connectivity index is 1.64. The summed E-state index contributed by atoms with van der Waals surface area (Å²) in [4.78, 5) is 9.68. The Morgan fingerprint density at radius 1 is 1.00 bits per heavy atom. The molecule has 0 aliphatic rings. The highest BCUT2D eigenvalue weighted by Crippen LogP contribution is 2.36. The highest BCUT2D eigenvalue weighted by molar-refractivity contribution is 7.17. The number of nitrogens with zero attached hydrogens (tertiary/aromatic N) is 3. The number of hydrazone groups is 1. The third-order valence-corrected chi connectivity index (χ3v) is 5.13. The van der Waals surface area contributed by atoms with E-state index in [4.69, 9.17) is 9.47 Å². The molecule has 0 atom stereocenters. The number of anilines is 1. The SMILES string of the molecule is COc1ccc(/C=N\Nc2ncnc3scc(-c4ccccc4)c23)cc1OC. The number of nitrogens with one attached hydrogen (secondary N) is 1. The summed E-state index contributed by atoms with van der Waals surface area (Å²) in [6.07, 6.45) is 3.26. The van der Waals surface area contributed by atoms with Crippen LogP contribution in [-0.2, 0) is 0 Å². The average molecular weight is 390 g/mol. The Hall–Kier alpha value is -3.45. The third kappa shape index (κ3) is 3.52. The molecule has 6 nitrogen and oxygen atoms in total. The molecular formula is C21H18N4O2S. The lowest BCUT2D eigenvalue weighted by atomic mass is 10.1. The van der Waals surface area contributed by atoms with Crippen LogP contribution in [-0.4, -0.2) is 30.4 Å². The molecule has 7 heteroatoms. The molecule has 0 fully saturated rings. The zero-order valence-electron chi connectivity index (χ0n) is 15.4. The Bertz CT molecular complexity index is 1130. The molecule has 0 aliphatic heterocycles.